The number of rotatable bonds is 9. The number of amides is 1. The van der Waals surface area contributed by atoms with Crippen LogP contribution in [0.25, 0.3) is 0 Å². The lowest BCUT2D eigenvalue weighted by Crippen LogP contribution is -2.14. The molecule has 0 fully saturated rings. The van der Waals surface area contributed by atoms with Crippen molar-refractivity contribution in [1.82, 2.24) is 10.2 Å². The predicted molar refractivity (Wildman–Crippen MR) is 122 cm³/mol. The molecule has 0 saturated carbocycles. The molecule has 168 valence electrons. The van der Waals surface area contributed by atoms with E-state index >= 15 is 0 Å². The number of aromatic nitrogens is 2. The molecule has 0 bridgehead atoms. The molecule has 0 aliphatic carbocycles. The number of carbonyl (C=O) groups is 1. The number of benzene rings is 2. The van der Waals surface area contributed by atoms with Gasteiger partial charge in [-0.15, -0.1) is 10.2 Å². The predicted octanol–water partition coefficient (Wildman–Crippen LogP) is 4.15. The maximum Gasteiger partial charge on any atom is 0.273 e. The number of carbonyl (C=O) groups excluding carboxylic acids is 1. The summed E-state index contributed by atoms with van der Waals surface area (Å²) in [6.45, 7) is 3.61. The zero-order chi connectivity index (χ0) is 23.3. The summed E-state index contributed by atoms with van der Waals surface area (Å²) in [5.41, 5.74) is 0.596. The molecule has 2 aromatic carbocycles. The van der Waals surface area contributed by atoms with Crippen LogP contribution in [0.4, 0.5) is 16.5 Å². The van der Waals surface area contributed by atoms with E-state index in [0.29, 0.717) is 16.3 Å². The molecule has 0 atom stereocenters. The highest BCUT2D eigenvalue weighted by atomic mass is 32.2. The minimum Gasteiger partial charge on any atom is -0.296 e. The highest BCUT2D eigenvalue weighted by Gasteiger charge is 2.20. The molecule has 12 heteroatoms. The second kappa shape index (κ2) is 9.83. The summed E-state index contributed by atoms with van der Waals surface area (Å²) < 4.78 is 27.6. The van der Waals surface area contributed by atoms with Gasteiger partial charge in [-0.1, -0.05) is 30.7 Å². The molecule has 1 amide bonds. The smallest absolute Gasteiger partial charge is 0.273 e. The summed E-state index contributed by atoms with van der Waals surface area (Å²) in [6, 6.07) is 9.47. The van der Waals surface area contributed by atoms with Crippen LogP contribution in [0.3, 0.4) is 0 Å². The zero-order valence-corrected chi connectivity index (χ0v) is 19.0. The minimum absolute atomic E-state index is 0.211. The SMILES string of the molecule is CCCCc1nnc(NC(=O)c2ccc(NS(=O)(=O)c3ccc(C)c([N+](=O)[O-])c3)cc2)s1. The summed E-state index contributed by atoms with van der Waals surface area (Å²) in [4.78, 5) is 22.6. The number of nitrogens with zero attached hydrogens (tertiary/aromatic N) is 3. The van der Waals surface area contributed by atoms with E-state index in [1.807, 2.05) is 0 Å². The molecule has 32 heavy (non-hydrogen) atoms. The first kappa shape index (κ1) is 23.3. The van der Waals surface area contributed by atoms with Gasteiger partial charge in [0, 0.05) is 29.3 Å². The van der Waals surface area contributed by atoms with Crippen LogP contribution in [-0.2, 0) is 16.4 Å². The van der Waals surface area contributed by atoms with Crippen molar-refractivity contribution >= 4 is 43.8 Å². The van der Waals surface area contributed by atoms with Crippen LogP contribution in [0, 0.1) is 17.0 Å². The number of nitro benzene ring substituents is 1. The maximum absolute atomic E-state index is 12.6. The largest absolute Gasteiger partial charge is 0.296 e. The molecule has 10 nitrogen and oxygen atoms in total. The number of sulfonamides is 1. The van der Waals surface area contributed by atoms with E-state index in [4.69, 9.17) is 0 Å². The third kappa shape index (κ3) is 5.65. The Labute approximate surface area is 188 Å². The highest BCUT2D eigenvalue weighted by Crippen LogP contribution is 2.24. The van der Waals surface area contributed by atoms with Gasteiger partial charge in [-0.05, 0) is 43.7 Å². The van der Waals surface area contributed by atoms with Crippen LogP contribution < -0.4 is 10.0 Å². The fourth-order valence-electron chi connectivity index (χ4n) is 2.76. The number of nitrogens with one attached hydrogen (secondary N) is 2. The fourth-order valence-corrected chi connectivity index (χ4v) is 4.61. The van der Waals surface area contributed by atoms with Gasteiger partial charge in [-0.25, -0.2) is 8.42 Å². The Morgan fingerprint density at radius 2 is 1.88 bits per heavy atom. The topological polar surface area (TPSA) is 144 Å². The molecule has 3 rings (SSSR count). The quantitative estimate of drug-likeness (QED) is 0.349. The van der Waals surface area contributed by atoms with Crippen molar-refractivity contribution in [2.45, 2.75) is 38.0 Å². The molecule has 0 aliphatic heterocycles. The number of aryl methyl sites for hydroxylation is 2. The van der Waals surface area contributed by atoms with Gasteiger partial charge >= 0.3 is 0 Å². The molecule has 0 spiro atoms. The molecular weight excluding hydrogens is 454 g/mol. The molecule has 0 unspecified atom stereocenters. The van der Waals surface area contributed by atoms with Gasteiger partial charge in [0.25, 0.3) is 21.6 Å². The Bertz CT molecular complexity index is 1240. The first-order valence-electron chi connectivity index (χ1n) is 9.71. The Morgan fingerprint density at radius 1 is 1.16 bits per heavy atom. The van der Waals surface area contributed by atoms with Gasteiger partial charge in [0.15, 0.2) is 0 Å². The number of anilines is 2. The lowest BCUT2D eigenvalue weighted by atomic mass is 10.2. The van der Waals surface area contributed by atoms with Crippen molar-refractivity contribution in [3.8, 4) is 0 Å². The second-order valence-electron chi connectivity index (χ2n) is 6.95. The van der Waals surface area contributed by atoms with Gasteiger partial charge in [-0.3, -0.25) is 24.9 Å². The minimum atomic E-state index is -4.04. The van der Waals surface area contributed by atoms with Gasteiger partial charge in [0.1, 0.15) is 5.01 Å². The van der Waals surface area contributed by atoms with Crippen molar-refractivity contribution in [1.29, 1.82) is 0 Å². The Balaban J connectivity index is 1.68. The summed E-state index contributed by atoms with van der Waals surface area (Å²) in [5, 5.41) is 23.0. The molecule has 0 aliphatic rings. The molecule has 0 saturated heterocycles. The van der Waals surface area contributed by atoms with Gasteiger partial charge in [0.2, 0.25) is 5.13 Å². The first-order valence-corrected chi connectivity index (χ1v) is 12.0. The van der Waals surface area contributed by atoms with Crippen LogP contribution >= 0.6 is 11.3 Å². The number of hydrogen-bond acceptors (Lipinski definition) is 8. The molecular formula is C20H21N5O5S2. The first-order chi connectivity index (χ1) is 15.2. The maximum atomic E-state index is 12.6. The molecule has 2 N–H and O–H groups in total. The summed E-state index contributed by atoms with van der Waals surface area (Å²) >= 11 is 1.31. The van der Waals surface area contributed by atoms with Crippen molar-refractivity contribution in [2.24, 2.45) is 0 Å². The van der Waals surface area contributed by atoms with Gasteiger partial charge in [0.05, 0.1) is 9.82 Å². The van der Waals surface area contributed by atoms with Gasteiger partial charge < -0.3 is 0 Å². The average Bonchev–Trinajstić information content (AvgIpc) is 3.19. The summed E-state index contributed by atoms with van der Waals surface area (Å²) in [6.07, 6.45) is 2.84. The molecule has 0 radical (unpaired) electrons. The van der Waals surface area contributed by atoms with E-state index < -0.39 is 20.9 Å². The standard InChI is InChI=1S/C20H21N5O5S2/c1-3-4-5-18-22-23-20(31-18)21-19(26)14-7-9-15(10-8-14)24-32(29,30)16-11-6-13(2)17(12-16)25(27)28/h6-12,24H,3-5H2,1-2H3,(H,21,23,26). The third-order valence-electron chi connectivity index (χ3n) is 4.52. The van der Waals surface area contributed by atoms with Crippen LogP contribution in [0.15, 0.2) is 47.4 Å². The van der Waals surface area contributed by atoms with Crippen molar-refractivity contribution in [2.75, 3.05) is 10.0 Å². The van der Waals surface area contributed by atoms with E-state index in [1.165, 1.54) is 54.7 Å². The fraction of sp³-hybridized carbons (Fsp3) is 0.250. The molecule has 1 heterocycles. The average molecular weight is 476 g/mol. The summed E-state index contributed by atoms with van der Waals surface area (Å²) in [5.74, 6) is -0.397. The normalized spacial score (nSPS) is 11.2. The van der Waals surface area contributed by atoms with Crippen molar-refractivity contribution in [3.05, 3.63) is 68.7 Å². The molecule has 1 aromatic heterocycles. The Kier molecular flexibility index (Phi) is 7.15. The van der Waals surface area contributed by atoms with E-state index in [2.05, 4.69) is 27.2 Å². The van der Waals surface area contributed by atoms with Crippen LogP contribution in [-0.4, -0.2) is 29.4 Å². The Morgan fingerprint density at radius 3 is 2.53 bits per heavy atom. The monoisotopic (exact) mass is 475 g/mol. The summed E-state index contributed by atoms with van der Waals surface area (Å²) in [7, 11) is -4.04. The number of unbranched alkanes of at least 4 members (excludes halogenated alkanes) is 1. The van der Waals surface area contributed by atoms with Crippen molar-refractivity contribution in [3.63, 3.8) is 0 Å². The lowest BCUT2D eigenvalue weighted by molar-refractivity contribution is -0.385. The van der Waals surface area contributed by atoms with Crippen LogP contribution in [0.1, 0.15) is 40.7 Å². The van der Waals surface area contributed by atoms with Crippen LogP contribution in [0.2, 0.25) is 0 Å². The second-order valence-corrected chi connectivity index (χ2v) is 9.69. The molecule has 3 aromatic rings. The van der Waals surface area contributed by atoms with Crippen LogP contribution in [0.5, 0.6) is 0 Å². The van der Waals surface area contributed by atoms with Gasteiger partial charge in [-0.2, -0.15) is 0 Å². The lowest BCUT2D eigenvalue weighted by Gasteiger charge is -2.09. The highest BCUT2D eigenvalue weighted by molar-refractivity contribution is 7.92. The van der Waals surface area contributed by atoms with E-state index in [-0.39, 0.29) is 16.3 Å². The number of nitro groups is 1. The van der Waals surface area contributed by atoms with E-state index in [0.717, 1.165) is 30.3 Å². The van der Waals surface area contributed by atoms with E-state index in [9.17, 15) is 23.3 Å². The third-order valence-corrected chi connectivity index (χ3v) is 6.80. The van der Waals surface area contributed by atoms with E-state index in [1.54, 1.807) is 0 Å². The zero-order valence-electron chi connectivity index (χ0n) is 17.4. The van der Waals surface area contributed by atoms with Crippen molar-refractivity contribution < 1.29 is 18.1 Å². The number of hydrogen-bond donors (Lipinski definition) is 2. The Hall–Kier alpha value is -3.38.